The highest BCUT2D eigenvalue weighted by Crippen LogP contribution is 2.28. The van der Waals surface area contributed by atoms with E-state index < -0.39 is 0 Å². The lowest BCUT2D eigenvalue weighted by Gasteiger charge is -2.29. The number of fused-ring (bicyclic) bond motifs is 1. The summed E-state index contributed by atoms with van der Waals surface area (Å²) < 4.78 is 1.15. The zero-order chi connectivity index (χ0) is 13.2. The van der Waals surface area contributed by atoms with Crippen LogP contribution in [0.2, 0.25) is 0 Å². The number of benzene rings is 1. The highest BCUT2D eigenvalue weighted by Gasteiger charge is 2.24. The molecule has 0 spiro atoms. The Bertz CT molecular complexity index is 647. The molecule has 1 aliphatic rings. The Kier molecular flexibility index (Phi) is 3.22. The van der Waals surface area contributed by atoms with E-state index >= 15 is 0 Å². The Morgan fingerprint density at radius 1 is 1.32 bits per heavy atom. The number of rotatable bonds is 1. The van der Waals surface area contributed by atoms with Gasteiger partial charge >= 0.3 is 0 Å². The van der Waals surface area contributed by atoms with Crippen molar-refractivity contribution in [2.75, 3.05) is 13.1 Å². The zero-order valence-corrected chi connectivity index (χ0v) is 11.3. The van der Waals surface area contributed by atoms with Crippen LogP contribution in [0.4, 0.5) is 0 Å². The van der Waals surface area contributed by atoms with E-state index in [0.717, 1.165) is 28.5 Å². The van der Waals surface area contributed by atoms with E-state index in [9.17, 15) is 4.79 Å². The Hall–Kier alpha value is -1.86. The molecule has 1 aromatic carbocycles. The van der Waals surface area contributed by atoms with Crippen molar-refractivity contribution < 1.29 is 4.79 Å². The van der Waals surface area contributed by atoms with Crippen LogP contribution in [0, 0.1) is 17.2 Å². The number of piperidine rings is 1. The molecule has 2 aromatic rings. The first kappa shape index (κ1) is 12.2. The molecule has 0 atom stereocenters. The molecule has 1 aliphatic heterocycles. The van der Waals surface area contributed by atoms with Crippen LogP contribution < -0.4 is 0 Å². The van der Waals surface area contributed by atoms with E-state index in [4.69, 9.17) is 5.26 Å². The molecule has 19 heavy (non-hydrogen) atoms. The highest BCUT2D eigenvalue weighted by molar-refractivity contribution is 7.17. The van der Waals surface area contributed by atoms with Gasteiger partial charge in [-0.2, -0.15) is 5.26 Å². The third-order valence-corrected chi connectivity index (χ3v) is 4.64. The number of hydrogen-bond donors (Lipinski definition) is 0. The first-order valence-corrected chi connectivity index (χ1v) is 7.32. The predicted octanol–water partition coefficient (Wildman–Crippen LogP) is 3.28. The van der Waals surface area contributed by atoms with Crippen molar-refractivity contribution in [1.82, 2.24) is 4.90 Å². The van der Waals surface area contributed by atoms with Gasteiger partial charge in [-0.25, -0.2) is 0 Å². The molecule has 0 unspecified atom stereocenters. The van der Waals surface area contributed by atoms with Crippen LogP contribution in [-0.2, 0) is 0 Å². The van der Waals surface area contributed by atoms with Crippen molar-refractivity contribution in [1.29, 1.82) is 5.26 Å². The second-order valence-corrected chi connectivity index (χ2v) is 5.75. The van der Waals surface area contributed by atoms with Crippen molar-refractivity contribution in [3.63, 3.8) is 0 Å². The van der Waals surface area contributed by atoms with Crippen LogP contribution in [0.3, 0.4) is 0 Å². The highest BCUT2D eigenvalue weighted by atomic mass is 32.1. The summed E-state index contributed by atoms with van der Waals surface area (Å²) in [6.45, 7) is 1.39. The van der Waals surface area contributed by atoms with E-state index in [0.29, 0.717) is 13.1 Å². The van der Waals surface area contributed by atoms with Gasteiger partial charge in [0.05, 0.1) is 11.6 Å². The van der Waals surface area contributed by atoms with Crippen molar-refractivity contribution in [3.8, 4) is 6.07 Å². The Morgan fingerprint density at radius 2 is 2.05 bits per heavy atom. The SMILES string of the molecule is N#CC1CCN(C(=O)c2csc3ccccc23)CC1. The fraction of sp³-hybridized carbons (Fsp3) is 0.333. The van der Waals surface area contributed by atoms with Gasteiger partial charge < -0.3 is 4.90 Å². The zero-order valence-electron chi connectivity index (χ0n) is 10.5. The van der Waals surface area contributed by atoms with Gasteiger partial charge in [0.25, 0.3) is 5.91 Å². The molecule has 1 amide bonds. The van der Waals surface area contributed by atoms with Gasteiger partial charge in [-0.1, -0.05) is 18.2 Å². The molecule has 0 aliphatic carbocycles. The van der Waals surface area contributed by atoms with Gasteiger partial charge in [-0.3, -0.25) is 4.79 Å². The summed E-state index contributed by atoms with van der Waals surface area (Å²) in [5.74, 6) is 0.220. The molecule has 4 heteroatoms. The van der Waals surface area contributed by atoms with Crippen molar-refractivity contribution in [2.45, 2.75) is 12.8 Å². The third-order valence-electron chi connectivity index (χ3n) is 3.68. The summed E-state index contributed by atoms with van der Waals surface area (Å²) in [6.07, 6.45) is 1.59. The summed E-state index contributed by atoms with van der Waals surface area (Å²) in [5, 5.41) is 11.9. The fourth-order valence-electron chi connectivity index (χ4n) is 2.53. The minimum Gasteiger partial charge on any atom is -0.339 e. The van der Waals surface area contributed by atoms with Gasteiger partial charge in [0.2, 0.25) is 0 Å². The molecule has 1 aromatic heterocycles. The van der Waals surface area contributed by atoms with E-state index in [-0.39, 0.29) is 11.8 Å². The molecular formula is C15H14N2OS. The molecule has 3 rings (SSSR count). The smallest absolute Gasteiger partial charge is 0.255 e. The number of nitriles is 1. The Balaban J connectivity index is 1.83. The average Bonchev–Trinajstić information content (AvgIpc) is 2.90. The third kappa shape index (κ3) is 2.22. The van der Waals surface area contributed by atoms with E-state index in [1.807, 2.05) is 34.5 Å². The summed E-state index contributed by atoms with van der Waals surface area (Å²) in [6, 6.07) is 10.3. The Morgan fingerprint density at radius 3 is 2.79 bits per heavy atom. The molecule has 3 nitrogen and oxygen atoms in total. The van der Waals surface area contributed by atoms with Crippen LogP contribution in [0.15, 0.2) is 29.6 Å². The molecule has 0 saturated carbocycles. The maximum atomic E-state index is 12.5. The number of hydrogen-bond acceptors (Lipinski definition) is 3. The first-order valence-electron chi connectivity index (χ1n) is 6.44. The molecule has 1 fully saturated rings. The normalized spacial score (nSPS) is 16.5. The van der Waals surface area contributed by atoms with Crippen LogP contribution in [0.25, 0.3) is 10.1 Å². The lowest BCUT2D eigenvalue weighted by Crippen LogP contribution is -2.38. The van der Waals surface area contributed by atoms with Gasteiger partial charge in [0.1, 0.15) is 0 Å². The molecule has 0 bridgehead atoms. The Labute approximate surface area is 116 Å². The average molecular weight is 270 g/mol. The molecule has 0 radical (unpaired) electrons. The maximum Gasteiger partial charge on any atom is 0.255 e. The van der Waals surface area contributed by atoms with E-state index in [2.05, 4.69) is 6.07 Å². The number of nitrogens with zero attached hydrogens (tertiary/aromatic N) is 2. The lowest BCUT2D eigenvalue weighted by molar-refractivity contribution is 0.0710. The molecule has 96 valence electrons. The lowest BCUT2D eigenvalue weighted by atomic mass is 9.98. The summed E-state index contributed by atoms with van der Waals surface area (Å²) in [5.41, 5.74) is 0.802. The van der Waals surface area contributed by atoms with Crippen LogP contribution in [0.5, 0.6) is 0 Å². The van der Waals surface area contributed by atoms with Crippen molar-refractivity contribution >= 4 is 27.3 Å². The quantitative estimate of drug-likeness (QED) is 0.798. The fourth-order valence-corrected chi connectivity index (χ4v) is 3.46. The number of thiophene rings is 1. The van der Waals surface area contributed by atoms with Gasteiger partial charge in [0.15, 0.2) is 0 Å². The van der Waals surface area contributed by atoms with Crippen LogP contribution >= 0.6 is 11.3 Å². The first-order chi connectivity index (χ1) is 9.29. The molecular weight excluding hydrogens is 256 g/mol. The van der Waals surface area contributed by atoms with Crippen LogP contribution in [-0.4, -0.2) is 23.9 Å². The number of likely N-dealkylation sites (tertiary alicyclic amines) is 1. The van der Waals surface area contributed by atoms with Crippen LogP contribution in [0.1, 0.15) is 23.2 Å². The van der Waals surface area contributed by atoms with E-state index in [1.54, 1.807) is 11.3 Å². The predicted molar refractivity (Wildman–Crippen MR) is 76.1 cm³/mol. The molecule has 0 N–H and O–H groups in total. The summed E-state index contributed by atoms with van der Waals surface area (Å²) in [4.78, 5) is 14.4. The second-order valence-electron chi connectivity index (χ2n) is 4.84. The minimum absolute atomic E-state index is 0.105. The number of amides is 1. The standard InChI is InChI=1S/C15H14N2OS/c16-9-11-5-7-17(8-6-11)15(18)13-10-19-14-4-2-1-3-12(13)14/h1-4,10-11H,5-8H2. The monoisotopic (exact) mass is 270 g/mol. The minimum atomic E-state index is 0.105. The summed E-state index contributed by atoms with van der Waals surface area (Å²) >= 11 is 1.61. The van der Waals surface area contributed by atoms with Gasteiger partial charge in [0, 0.05) is 34.5 Å². The van der Waals surface area contributed by atoms with Gasteiger partial charge in [-0.15, -0.1) is 11.3 Å². The second kappa shape index (κ2) is 5.02. The number of carbonyl (C=O) groups is 1. The van der Waals surface area contributed by atoms with Crippen molar-refractivity contribution in [2.24, 2.45) is 5.92 Å². The topological polar surface area (TPSA) is 44.1 Å². The van der Waals surface area contributed by atoms with Crippen molar-refractivity contribution in [3.05, 3.63) is 35.2 Å². The largest absolute Gasteiger partial charge is 0.339 e. The summed E-state index contributed by atoms with van der Waals surface area (Å²) in [7, 11) is 0. The number of carbonyl (C=O) groups excluding carboxylic acids is 1. The molecule has 1 saturated heterocycles. The van der Waals surface area contributed by atoms with E-state index in [1.165, 1.54) is 0 Å². The molecule has 2 heterocycles. The maximum absolute atomic E-state index is 12.5. The van der Waals surface area contributed by atoms with Gasteiger partial charge in [-0.05, 0) is 18.9 Å².